The Labute approximate surface area is 245 Å². The summed E-state index contributed by atoms with van der Waals surface area (Å²) < 4.78 is 31.4. The Balaban J connectivity index is 1.24. The lowest BCUT2D eigenvalue weighted by Gasteiger charge is -2.10. The van der Waals surface area contributed by atoms with Gasteiger partial charge in [0.25, 0.3) is 5.91 Å². The number of nitrogens with one attached hydrogen (secondary N) is 2. The monoisotopic (exact) mass is 595 g/mol. The van der Waals surface area contributed by atoms with Crippen LogP contribution >= 0.6 is 22.7 Å². The first-order valence-corrected chi connectivity index (χ1v) is 14.4. The predicted molar refractivity (Wildman–Crippen MR) is 161 cm³/mol. The Hall–Kier alpha value is -5.07. The summed E-state index contributed by atoms with van der Waals surface area (Å²) in [6.07, 6.45) is 3.58. The Morgan fingerprint density at radius 2 is 1.76 bits per heavy atom. The van der Waals surface area contributed by atoms with Crippen LogP contribution in [0.3, 0.4) is 0 Å². The number of amides is 1. The molecule has 7 rings (SSSR count). The largest absolute Gasteiger partial charge is 0.324 e. The lowest BCUT2D eigenvalue weighted by Crippen LogP contribution is -2.15. The van der Waals surface area contributed by atoms with Gasteiger partial charge in [-0.15, -0.1) is 22.7 Å². The lowest BCUT2D eigenvalue weighted by atomic mass is 10.1. The third kappa shape index (κ3) is 4.76. The minimum Gasteiger partial charge on any atom is -0.324 e. The highest BCUT2D eigenvalue weighted by molar-refractivity contribution is 7.18. The van der Waals surface area contributed by atoms with Gasteiger partial charge in [-0.25, -0.2) is 28.7 Å². The zero-order chi connectivity index (χ0) is 28.8. The van der Waals surface area contributed by atoms with Crippen LogP contribution in [0.15, 0.2) is 84.5 Å². The van der Waals surface area contributed by atoms with Gasteiger partial charge >= 0.3 is 0 Å². The molecule has 8 nitrogen and oxygen atoms in total. The summed E-state index contributed by atoms with van der Waals surface area (Å²) in [6.45, 7) is 1.98. The topological polar surface area (TPSA) is 97.1 Å². The van der Waals surface area contributed by atoms with Crippen LogP contribution < -0.4 is 10.6 Å². The van der Waals surface area contributed by atoms with E-state index in [1.807, 2.05) is 47.2 Å². The van der Waals surface area contributed by atoms with Gasteiger partial charge in [0.15, 0.2) is 4.96 Å². The summed E-state index contributed by atoms with van der Waals surface area (Å²) in [4.78, 5) is 32.1. The van der Waals surface area contributed by atoms with Gasteiger partial charge in [-0.3, -0.25) is 9.20 Å². The minimum absolute atomic E-state index is 0.361. The SMILES string of the molecule is Cc1nc2cc(Nc3nccc(-c4c(-c5cccc(NC(=O)c6c(F)cccc6F)c5)nc5sccn45)n3)ccc2s1. The number of anilines is 3. The molecule has 4 heterocycles. The Morgan fingerprint density at radius 3 is 2.62 bits per heavy atom. The number of carbonyl (C=O) groups is 1. The molecule has 3 aromatic carbocycles. The number of aromatic nitrogens is 5. The maximum absolute atomic E-state index is 14.2. The maximum atomic E-state index is 14.2. The molecule has 0 bridgehead atoms. The molecule has 0 radical (unpaired) electrons. The van der Waals surface area contributed by atoms with Gasteiger partial charge in [0.2, 0.25) is 5.95 Å². The summed E-state index contributed by atoms with van der Waals surface area (Å²) in [7, 11) is 0. The van der Waals surface area contributed by atoms with Crippen LogP contribution in [0.25, 0.3) is 37.8 Å². The number of hydrogen-bond donors (Lipinski definition) is 2. The first-order chi connectivity index (χ1) is 20.4. The molecule has 7 aromatic rings. The number of rotatable bonds is 6. The molecule has 0 unspecified atom stereocenters. The van der Waals surface area contributed by atoms with E-state index in [1.54, 1.807) is 41.8 Å². The smallest absolute Gasteiger partial charge is 0.261 e. The number of halogens is 2. The van der Waals surface area contributed by atoms with Crippen LogP contribution in [-0.4, -0.2) is 30.2 Å². The van der Waals surface area contributed by atoms with Crippen molar-refractivity contribution >= 4 is 61.1 Å². The van der Waals surface area contributed by atoms with E-state index in [4.69, 9.17) is 9.97 Å². The van der Waals surface area contributed by atoms with Crippen molar-refractivity contribution in [3.8, 4) is 22.6 Å². The number of thiazole rings is 2. The third-order valence-electron chi connectivity index (χ3n) is 6.49. The van der Waals surface area contributed by atoms with Crippen molar-refractivity contribution in [2.75, 3.05) is 10.6 Å². The molecule has 206 valence electrons. The number of fused-ring (bicyclic) bond motifs is 2. The number of hydrogen-bond acceptors (Lipinski definition) is 8. The van der Waals surface area contributed by atoms with Crippen LogP contribution in [0, 0.1) is 18.6 Å². The fraction of sp³-hybridized carbons (Fsp3) is 0.0333. The number of nitrogens with zero attached hydrogens (tertiary/aromatic N) is 5. The van der Waals surface area contributed by atoms with E-state index < -0.39 is 23.1 Å². The van der Waals surface area contributed by atoms with E-state index in [0.717, 1.165) is 43.7 Å². The van der Waals surface area contributed by atoms with Crippen molar-refractivity contribution in [1.82, 2.24) is 24.3 Å². The Morgan fingerprint density at radius 1 is 0.929 bits per heavy atom. The Bertz CT molecular complexity index is 2120. The molecule has 0 fully saturated rings. The lowest BCUT2D eigenvalue weighted by molar-refractivity contribution is 0.101. The molecule has 0 atom stereocenters. The van der Waals surface area contributed by atoms with Crippen LogP contribution in [0.5, 0.6) is 0 Å². The number of carbonyl (C=O) groups excluding carboxylic acids is 1. The molecular weight excluding hydrogens is 577 g/mol. The minimum atomic E-state index is -0.935. The van der Waals surface area contributed by atoms with Crippen molar-refractivity contribution in [2.45, 2.75) is 6.92 Å². The van der Waals surface area contributed by atoms with Crippen LogP contribution in [0.4, 0.5) is 26.1 Å². The van der Waals surface area contributed by atoms with Gasteiger partial charge in [0, 0.05) is 34.7 Å². The van der Waals surface area contributed by atoms with Crippen molar-refractivity contribution < 1.29 is 13.6 Å². The van der Waals surface area contributed by atoms with Crippen LogP contribution in [0.2, 0.25) is 0 Å². The summed E-state index contributed by atoms with van der Waals surface area (Å²) >= 11 is 3.11. The summed E-state index contributed by atoms with van der Waals surface area (Å²) in [5.41, 5.74) is 4.10. The van der Waals surface area contributed by atoms with Gasteiger partial charge in [0.05, 0.1) is 26.6 Å². The fourth-order valence-electron chi connectivity index (χ4n) is 4.68. The normalized spacial score (nSPS) is 11.3. The second-order valence-electron chi connectivity index (χ2n) is 9.30. The average molecular weight is 596 g/mol. The van der Waals surface area contributed by atoms with Crippen molar-refractivity contribution in [1.29, 1.82) is 0 Å². The first-order valence-electron chi connectivity index (χ1n) is 12.7. The zero-order valence-corrected chi connectivity index (χ0v) is 23.4. The van der Waals surface area contributed by atoms with Gasteiger partial charge in [0.1, 0.15) is 22.9 Å². The van der Waals surface area contributed by atoms with E-state index in [2.05, 4.69) is 20.6 Å². The molecule has 0 aliphatic heterocycles. The molecule has 0 aliphatic carbocycles. The number of benzene rings is 3. The fourth-order valence-corrected chi connectivity index (χ4v) is 6.21. The van der Waals surface area contributed by atoms with Crippen molar-refractivity contribution in [2.24, 2.45) is 0 Å². The number of imidazole rings is 1. The molecular formula is C30H19F2N7OS2. The molecule has 1 amide bonds. The standard InChI is InChI=1S/C30H19F2N7OS2/c1-16-34-23-15-19(8-9-24(23)42-16)36-29-33-11-10-22(37-29)27-26(38-30-39(27)12-13-41-30)17-4-2-5-18(14-17)35-28(40)25-20(31)6-3-7-21(25)32/h2-15H,1H3,(H,35,40)(H,33,36,37). The Kier molecular flexibility index (Phi) is 6.40. The van der Waals surface area contributed by atoms with E-state index in [0.29, 0.717) is 28.6 Å². The maximum Gasteiger partial charge on any atom is 0.261 e. The molecule has 42 heavy (non-hydrogen) atoms. The van der Waals surface area contributed by atoms with Crippen LogP contribution in [0.1, 0.15) is 15.4 Å². The highest BCUT2D eigenvalue weighted by Gasteiger charge is 2.21. The second kappa shape index (κ2) is 10.4. The predicted octanol–water partition coefficient (Wildman–Crippen LogP) is 7.71. The van der Waals surface area contributed by atoms with Crippen molar-refractivity contribution in [3.05, 3.63) is 107 Å². The molecule has 0 aliphatic rings. The summed E-state index contributed by atoms with van der Waals surface area (Å²) in [5.74, 6) is -2.35. The second-order valence-corrected chi connectivity index (χ2v) is 11.4. The van der Waals surface area contributed by atoms with Crippen LogP contribution in [-0.2, 0) is 0 Å². The third-order valence-corrected chi connectivity index (χ3v) is 8.20. The van der Waals surface area contributed by atoms with E-state index in [9.17, 15) is 13.6 Å². The zero-order valence-electron chi connectivity index (χ0n) is 21.8. The van der Waals surface area contributed by atoms with E-state index >= 15 is 0 Å². The van der Waals surface area contributed by atoms with E-state index in [-0.39, 0.29) is 0 Å². The molecule has 0 spiro atoms. The highest BCUT2D eigenvalue weighted by Crippen LogP contribution is 2.35. The molecule has 0 saturated heterocycles. The quantitative estimate of drug-likeness (QED) is 0.204. The average Bonchev–Trinajstić information content (AvgIpc) is 3.67. The van der Waals surface area contributed by atoms with E-state index in [1.165, 1.54) is 17.4 Å². The van der Waals surface area contributed by atoms with Gasteiger partial charge in [-0.1, -0.05) is 18.2 Å². The van der Waals surface area contributed by atoms with Gasteiger partial charge in [-0.2, -0.15) is 0 Å². The molecule has 12 heteroatoms. The first kappa shape index (κ1) is 25.9. The number of aryl methyl sites for hydroxylation is 1. The van der Waals surface area contributed by atoms with Gasteiger partial charge in [-0.05, 0) is 55.5 Å². The summed E-state index contributed by atoms with van der Waals surface area (Å²) in [5, 5.41) is 8.80. The summed E-state index contributed by atoms with van der Waals surface area (Å²) in [6, 6.07) is 18.0. The molecule has 0 saturated carbocycles. The van der Waals surface area contributed by atoms with Crippen molar-refractivity contribution in [3.63, 3.8) is 0 Å². The molecule has 2 N–H and O–H groups in total. The molecule has 4 aromatic heterocycles. The van der Waals surface area contributed by atoms with Gasteiger partial charge < -0.3 is 10.6 Å². The highest BCUT2D eigenvalue weighted by atomic mass is 32.1.